The third-order valence-electron chi connectivity index (χ3n) is 2.15. The van der Waals surface area contributed by atoms with Crippen LogP contribution in [-0.4, -0.2) is 25.5 Å². The van der Waals surface area contributed by atoms with Crippen LogP contribution in [0.2, 0.25) is 12.6 Å². The molecule has 0 aliphatic rings. The second kappa shape index (κ2) is 19.5. The van der Waals surface area contributed by atoms with Gasteiger partial charge in [0.2, 0.25) is 0 Å². The molecular weight excluding hydrogens is 185 g/mol. The van der Waals surface area contributed by atoms with Crippen LogP contribution in [0.4, 0.5) is 0 Å². The maximum absolute atomic E-state index is 7.75. The summed E-state index contributed by atoms with van der Waals surface area (Å²) in [6.07, 6.45) is 11.0. The van der Waals surface area contributed by atoms with Gasteiger partial charge in [0, 0.05) is 6.54 Å². The van der Waals surface area contributed by atoms with Gasteiger partial charge in [-0.1, -0.05) is 65.0 Å². The molecule has 0 saturated carbocycles. The van der Waals surface area contributed by atoms with Crippen molar-refractivity contribution in [1.29, 1.82) is 0 Å². The summed E-state index contributed by atoms with van der Waals surface area (Å²) >= 11 is 0. The van der Waals surface area contributed by atoms with Crippen LogP contribution in [0.3, 0.4) is 0 Å². The SMILES string of the molecule is CCCCC[B]CCCCC.NCCO. The Morgan fingerprint density at radius 1 is 0.933 bits per heavy atom. The predicted molar refractivity (Wildman–Crippen MR) is 70.6 cm³/mol. The summed E-state index contributed by atoms with van der Waals surface area (Å²) in [6, 6.07) is 0. The Bertz CT molecular complexity index is 81.7. The van der Waals surface area contributed by atoms with E-state index in [1.165, 1.54) is 51.2 Å². The van der Waals surface area contributed by atoms with Crippen molar-refractivity contribution < 1.29 is 5.11 Å². The molecule has 0 saturated heterocycles. The summed E-state index contributed by atoms with van der Waals surface area (Å²) in [5.41, 5.74) is 4.78. The molecule has 2 nitrogen and oxygen atoms in total. The van der Waals surface area contributed by atoms with Crippen LogP contribution in [0.15, 0.2) is 0 Å². The van der Waals surface area contributed by atoms with Crippen LogP contribution >= 0.6 is 0 Å². The molecule has 0 aliphatic heterocycles. The third kappa shape index (κ3) is 24.9. The molecule has 0 amide bonds. The van der Waals surface area contributed by atoms with E-state index in [1.807, 2.05) is 0 Å². The first-order valence-electron chi connectivity index (χ1n) is 6.46. The summed E-state index contributed by atoms with van der Waals surface area (Å²) in [7, 11) is 2.46. The number of rotatable bonds is 9. The monoisotopic (exact) mass is 214 g/mol. The topological polar surface area (TPSA) is 46.2 Å². The molecule has 0 aromatic heterocycles. The quantitative estimate of drug-likeness (QED) is 0.458. The van der Waals surface area contributed by atoms with Gasteiger partial charge in [-0.15, -0.1) is 0 Å². The van der Waals surface area contributed by atoms with Crippen molar-refractivity contribution in [2.24, 2.45) is 5.73 Å². The van der Waals surface area contributed by atoms with Gasteiger partial charge in [-0.3, -0.25) is 0 Å². The fraction of sp³-hybridized carbons (Fsp3) is 1.00. The Labute approximate surface area is 96.9 Å². The molecule has 0 aromatic rings. The Balaban J connectivity index is 0. The molecular formula is C12H29BNO. The molecule has 0 aliphatic carbocycles. The molecule has 0 heterocycles. The summed E-state index contributed by atoms with van der Waals surface area (Å²) in [6.45, 7) is 4.99. The maximum atomic E-state index is 7.75. The standard InChI is InChI=1S/C10H22B.C2H7NO/c1-3-5-7-9-11-10-8-6-4-2;3-1-2-4/h3-10H2,1-2H3;4H,1-3H2. The van der Waals surface area contributed by atoms with Gasteiger partial charge in [0.25, 0.3) is 0 Å². The number of aliphatic hydroxyl groups excluding tert-OH is 1. The van der Waals surface area contributed by atoms with Gasteiger partial charge in [-0.2, -0.15) is 0 Å². The van der Waals surface area contributed by atoms with Gasteiger partial charge in [-0.25, -0.2) is 0 Å². The second-order valence-electron chi connectivity index (χ2n) is 3.79. The van der Waals surface area contributed by atoms with Gasteiger partial charge in [0.15, 0.2) is 0 Å². The molecule has 3 heteroatoms. The zero-order valence-electron chi connectivity index (χ0n) is 10.7. The first-order valence-corrected chi connectivity index (χ1v) is 6.46. The normalized spacial score (nSPS) is 9.33. The van der Waals surface area contributed by atoms with Crippen molar-refractivity contribution >= 4 is 7.28 Å². The van der Waals surface area contributed by atoms with E-state index in [0.717, 1.165) is 0 Å². The van der Waals surface area contributed by atoms with E-state index in [9.17, 15) is 0 Å². The summed E-state index contributed by atoms with van der Waals surface area (Å²) < 4.78 is 0. The van der Waals surface area contributed by atoms with Crippen LogP contribution in [0.1, 0.15) is 52.4 Å². The van der Waals surface area contributed by atoms with E-state index in [-0.39, 0.29) is 6.61 Å². The molecule has 1 radical (unpaired) electrons. The van der Waals surface area contributed by atoms with Crippen LogP contribution in [0.25, 0.3) is 0 Å². The minimum absolute atomic E-state index is 0.0972. The summed E-state index contributed by atoms with van der Waals surface area (Å²) in [5, 5.41) is 7.75. The molecule has 0 aromatic carbocycles. The lowest BCUT2D eigenvalue weighted by atomic mass is 9.68. The van der Waals surface area contributed by atoms with E-state index in [1.54, 1.807) is 0 Å². The molecule has 15 heavy (non-hydrogen) atoms. The van der Waals surface area contributed by atoms with Crippen molar-refractivity contribution in [3.8, 4) is 0 Å². The van der Waals surface area contributed by atoms with Crippen LogP contribution < -0.4 is 5.73 Å². The van der Waals surface area contributed by atoms with Crippen molar-refractivity contribution in [3.63, 3.8) is 0 Å². The molecule has 0 spiro atoms. The molecule has 0 rings (SSSR count). The second-order valence-corrected chi connectivity index (χ2v) is 3.79. The van der Waals surface area contributed by atoms with E-state index in [2.05, 4.69) is 21.1 Å². The molecule has 3 N–H and O–H groups in total. The maximum Gasteiger partial charge on any atom is 0.109 e. The lowest BCUT2D eigenvalue weighted by molar-refractivity contribution is 0.306. The van der Waals surface area contributed by atoms with Gasteiger partial charge in [0.1, 0.15) is 7.28 Å². The third-order valence-corrected chi connectivity index (χ3v) is 2.15. The number of hydrogen-bond acceptors (Lipinski definition) is 2. The zero-order chi connectivity index (χ0) is 11.8. The molecule has 0 atom stereocenters. The Morgan fingerprint density at radius 2 is 1.33 bits per heavy atom. The highest BCUT2D eigenvalue weighted by Crippen LogP contribution is 2.04. The minimum Gasteiger partial charge on any atom is -0.395 e. The van der Waals surface area contributed by atoms with Gasteiger partial charge in [-0.05, 0) is 0 Å². The lowest BCUT2D eigenvalue weighted by Gasteiger charge is -1.97. The fourth-order valence-electron chi connectivity index (χ4n) is 1.22. The fourth-order valence-corrected chi connectivity index (χ4v) is 1.22. The van der Waals surface area contributed by atoms with Gasteiger partial charge >= 0.3 is 0 Å². The van der Waals surface area contributed by atoms with Crippen LogP contribution in [0.5, 0.6) is 0 Å². The molecule has 0 unspecified atom stereocenters. The first kappa shape index (κ1) is 17.4. The van der Waals surface area contributed by atoms with Crippen molar-refractivity contribution in [1.82, 2.24) is 0 Å². The van der Waals surface area contributed by atoms with Crippen LogP contribution in [-0.2, 0) is 0 Å². The molecule has 0 bridgehead atoms. The lowest BCUT2D eigenvalue weighted by Crippen LogP contribution is -2.02. The number of unbranched alkanes of at least 4 members (excludes halogenated alkanes) is 4. The van der Waals surface area contributed by atoms with E-state index >= 15 is 0 Å². The predicted octanol–water partition coefficient (Wildman–Crippen LogP) is 2.85. The minimum atomic E-state index is 0.0972. The number of hydrogen-bond donors (Lipinski definition) is 2. The number of nitrogens with two attached hydrogens (primary N) is 1. The summed E-state index contributed by atoms with van der Waals surface area (Å²) in [4.78, 5) is 0. The largest absolute Gasteiger partial charge is 0.395 e. The van der Waals surface area contributed by atoms with Crippen molar-refractivity contribution in [2.75, 3.05) is 13.2 Å². The van der Waals surface area contributed by atoms with Crippen molar-refractivity contribution in [2.45, 2.75) is 65.0 Å². The smallest absolute Gasteiger partial charge is 0.109 e. The highest BCUT2D eigenvalue weighted by atomic mass is 16.3. The highest BCUT2D eigenvalue weighted by molar-refractivity contribution is 6.35. The average molecular weight is 214 g/mol. The zero-order valence-corrected chi connectivity index (χ0v) is 10.7. The highest BCUT2D eigenvalue weighted by Gasteiger charge is 1.90. The number of aliphatic hydroxyl groups is 1. The van der Waals surface area contributed by atoms with Crippen LogP contribution in [0, 0.1) is 0 Å². The van der Waals surface area contributed by atoms with Gasteiger partial charge < -0.3 is 10.8 Å². The summed E-state index contributed by atoms with van der Waals surface area (Å²) in [5.74, 6) is 0. The van der Waals surface area contributed by atoms with Crippen molar-refractivity contribution in [3.05, 3.63) is 0 Å². The Kier molecular flexibility index (Phi) is 22.6. The van der Waals surface area contributed by atoms with E-state index < -0.39 is 0 Å². The van der Waals surface area contributed by atoms with Gasteiger partial charge in [0.05, 0.1) is 6.61 Å². The molecule has 0 fully saturated rings. The van der Waals surface area contributed by atoms with E-state index in [0.29, 0.717) is 6.54 Å². The van der Waals surface area contributed by atoms with E-state index in [4.69, 9.17) is 10.8 Å². The Hall–Kier alpha value is -0.0151. The molecule has 91 valence electrons. The average Bonchev–Trinajstić information content (AvgIpc) is 2.28. The Morgan fingerprint density at radius 3 is 1.60 bits per heavy atom. The first-order chi connectivity index (χ1) is 7.33.